The van der Waals surface area contributed by atoms with E-state index in [9.17, 15) is 9.59 Å². The van der Waals surface area contributed by atoms with E-state index in [4.69, 9.17) is 0 Å². The maximum absolute atomic E-state index is 14.7. The van der Waals surface area contributed by atoms with E-state index in [1.165, 1.54) is 0 Å². The van der Waals surface area contributed by atoms with Crippen molar-refractivity contribution in [1.82, 2.24) is 0 Å². The fourth-order valence-corrected chi connectivity index (χ4v) is 9.03. The van der Waals surface area contributed by atoms with Crippen molar-refractivity contribution >= 4 is 45.7 Å². The van der Waals surface area contributed by atoms with Crippen LogP contribution >= 0.6 is 0 Å². The molecule has 66 heavy (non-hydrogen) atoms. The summed E-state index contributed by atoms with van der Waals surface area (Å²) in [6.07, 6.45) is 0. The summed E-state index contributed by atoms with van der Waals surface area (Å²) >= 11 is 0. The van der Waals surface area contributed by atoms with Crippen LogP contribution in [-0.4, -0.2) is 11.6 Å². The molecule has 312 valence electrons. The summed E-state index contributed by atoms with van der Waals surface area (Å²) in [4.78, 5) is 33.7. The number of ketones is 2. The highest BCUT2D eigenvalue weighted by molar-refractivity contribution is 6.29. The van der Waals surface area contributed by atoms with Crippen LogP contribution < -0.4 is 9.80 Å². The molecule has 0 saturated carbocycles. The lowest BCUT2D eigenvalue weighted by atomic mass is 9.83. The number of carbonyl (C=O) groups excluding carboxylic acids is 2. The Labute approximate surface area is 385 Å². The Kier molecular flexibility index (Phi) is 10.5. The van der Waals surface area contributed by atoms with E-state index in [0.29, 0.717) is 22.3 Å². The molecule has 0 spiro atoms. The van der Waals surface area contributed by atoms with Gasteiger partial charge in [0, 0.05) is 56.4 Å². The molecule has 0 unspecified atom stereocenters. The fourth-order valence-electron chi connectivity index (χ4n) is 9.03. The van der Waals surface area contributed by atoms with Crippen molar-refractivity contribution in [2.45, 2.75) is 0 Å². The van der Waals surface area contributed by atoms with Crippen molar-refractivity contribution in [3.05, 3.63) is 277 Å². The first-order valence-corrected chi connectivity index (χ1v) is 22.2. The minimum atomic E-state index is -0.183. The van der Waals surface area contributed by atoms with E-state index in [-0.39, 0.29) is 11.6 Å². The zero-order chi connectivity index (χ0) is 44.4. The first-order chi connectivity index (χ1) is 32.6. The summed E-state index contributed by atoms with van der Waals surface area (Å²) in [5.74, 6) is -0.365. The van der Waals surface area contributed by atoms with E-state index in [2.05, 4.69) is 155 Å². The van der Waals surface area contributed by atoms with E-state index in [0.717, 1.165) is 78.6 Å². The number of fused-ring (bicyclic) bond motifs is 2. The summed E-state index contributed by atoms with van der Waals surface area (Å²) in [7, 11) is 0. The summed E-state index contributed by atoms with van der Waals surface area (Å²) < 4.78 is 0. The summed E-state index contributed by atoms with van der Waals surface area (Å²) in [6.45, 7) is 0. The van der Waals surface area contributed by atoms with Crippen LogP contribution in [0.5, 0.6) is 0 Å². The minimum Gasteiger partial charge on any atom is -0.310 e. The van der Waals surface area contributed by atoms with Gasteiger partial charge in [0.25, 0.3) is 0 Å². The van der Waals surface area contributed by atoms with E-state index < -0.39 is 0 Å². The Morgan fingerprint density at radius 2 is 0.409 bits per heavy atom. The number of hydrogen-bond acceptors (Lipinski definition) is 4. The first-order valence-electron chi connectivity index (χ1n) is 22.2. The molecule has 11 rings (SSSR count). The standard InChI is InChI=1S/C62H42N2O2/c65-61-58-40-38-56(64(53-33-25-49(26-34-53)45-17-9-3-10-18-45)54-35-27-50(28-36-54)46-19-11-4-12-20-46)42-60(58)62(66)57-39-37-55(41-59(57)61)63(51-29-21-47(22-30-51)43-13-5-1-6-14-43)52-31-23-48(24-32-52)44-15-7-2-8-16-44/h1-42H. The van der Waals surface area contributed by atoms with Crippen LogP contribution in [0, 0.1) is 0 Å². The van der Waals surface area contributed by atoms with Gasteiger partial charge in [0.2, 0.25) is 0 Å². The van der Waals surface area contributed by atoms with Crippen LogP contribution in [0.15, 0.2) is 255 Å². The number of nitrogens with zero attached hydrogens (tertiary/aromatic N) is 2. The van der Waals surface area contributed by atoms with E-state index >= 15 is 0 Å². The van der Waals surface area contributed by atoms with Crippen LogP contribution in [0.3, 0.4) is 0 Å². The van der Waals surface area contributed by atoms with Gasteiger partial charge < -0.3 is 9.80 Å². The monoisotopic (exact) mass is 846 g/mol. The maximum Gasteiger partial charge on any atom is 0.194 e. The third-order valence-corrected chi connectivity index (χ3v) is 12.4. The quantitative estimate of drug-likeness (QED) is 0.137. The second-order valence-electron chi connectivity index (χ2n) is 16.4. The molecule has 0 N–H and O–H groups in total. The van der Waals surface area contributed by atoms with Crippen molar-refractivity contribution < 1.29 is 9.59 Å². The predicted molar refractivity (Wildman–Crippen MR) is 271 cm³/mol. The van der Waals surface area contributed by atoms with Crippen molar-refractivity contribution in [2.75, 3.05) is 9.80 Å². The largest absolute Gasteiger partial charge is 0.310 e. The minimum absolute atomic E-state index is 0.183. The van der Waals surface area contributed by atoms with Gasteiger partial charge in [-0.15, -0.1) is 0 Å². The second kappa shape index (κ2) is 17.4. The molecule has 0 heterocycles. The number of benzene rings is 10. The SMILES string of the molecule is O=C1c2ccc(N(c3ccc(-c4ccccc4)cc3)c3ccc(-c4ccccc4)cc3)cc2C(=O)c2ccc(N(c3ccc(-c4ccccc4)cc3)c3ccc(-c4ccccc4)cc3)cc21. The molecular weight excluding hydrogens is 805 g/mol. The van der Waals surface area contributed by atoms with Gasteiger partial charge in [-0.25, -0.2) is 0 Å². The number of carbonyl (C=O) groups is 2. The summed E-state index contributed by atoms with van der Waals surface area (Å²) in [5, 5.41) is 0. The van der Waals surface area contributed by atoms with Gasteiger partial charge in [-0.05, 0) is 129 Å². The van der Waals surface area contributed by atoms with Crippen molar-refractivity contribution in [3.63, 3.8) is 0 Å². The molecule has 0 fully saturated rings. The molecule has 4 heteroatoms. The second-order valence-corrected chi connectivity index (χ2v) is 16.4. The fraction of sp³-hybridized carbons (Fsp3) is 0. The number of anilines is 6. The lowest BCUT2D eigenvalue weighted by Gasteiger charge is -2.29. The molecule has 10 aromatic carbocycles. The highest BCUT2D eigenvalue weighted by atomic mass is 16.1. The Bertz CT molecular complexity index is 2940. The molecule has 0 aromatic heterocycles. The molecule has 10 aromatic rings. The van der Waals surface area contributed by atoms with E-state index in [1.54, 1.807) is 0 Å². The third kappa shape index (κ3) is 7.67. The Morgan fingerprint density at radius 1 is 0.197 bits per heavy atom. The Balaban J connectivity index is 0.962. The molecule has 1 aliphatic carbocycles. The van der Waals surface area contributed by atoms with Gasteiger partial charge in [-0.3, -0.25) is 9.59 Å². The number of rotatable bonds is 10. The van der Waals surface area contributed by atoms with Gasteiger partial charge in [-0.1, -0.05) is 170 Å². The van der Waals surface area contributed by atoms with Crippen molar-refractivity contribution in [2.24, 2.45) is 0 Å². The molecule has 0 amide bonds. The number of hydrogen-bond donors (Lipinski definition) is 0. The van der Waals surface area contributed by atoms with Gasteiger partial charge >= 0.3 is 0 Å². The average molecular weight is 847 g/mol. The Morgan fingerprint density at radius 3 is 0.652 bits per heavy atom. The predicted octanol–water partition coefficient (Wildman–Crippen LogP) is 16.1. The smallest absolute Gasteiger partial charge is 0.194 e. The van der Waals surface area contributed by atoms with Crippen LogP contribution in [0.4, 0.5) is 34.1 Å². The van der Waals surface area contributed by atoms with Crippen molar-refractivity contribution in [1.29, 1.82) is 0 Å². The molecule has 0 bridgehead atoms. The molecule has 4 nitrogen and oxygen atoms in total. The average Bonchev–Trinajstić information content (AvgIpc) is 3.40. The zero-order valence-electron chi connectivity index (χ0n) is 36.0. The summed E-state index contributed by atoms with van der Waals surface area (Å²) in [6, 6.07) is 86.3. The molecule has 0 aliphatic heterocycles. The van der Waals surface area contributed by atoms with Crippen LogP contribution in [0.1, 0.15) is 31.8 Å². The highest BCUT2D eigenvalue weighted by Crippen LogP contribution is 2.42. The topological polar surface area (TPSA) is 40.6 Å². The van der Waals surface area contributed by atoms with Gasteiger partial charge in [0.1, 0.15) is 0 Å². The molecule has 1 aliphatic rings. The van der Waals surface area contributed by atoms with Crippen LogP contribution in [0.2, 0.25) is 0 Å². The lowest BCUT2D eigenvalue weighted by molar-refractivity contribution is 0.0979. The highest BCUT2D eigenvalue weighted by Gasteiger charge is 2.32. The van der Waals surface area contributed by atoms with Crippen LogP contribution in [0.25, 0.3) is 44.5 Å². The molecule has 0 saturated heterocycles. The van der Waals surface area contributed by atoms with Gasteiger partial charge in [0.15, 0.2) is 11.6 Å². The molecule has 0 atom stereocenters. The lowest BCUT2D eigenvalue weighted by Crippen LogP contribution is -2.22. The first kappa shape index (κ1) is 40.0. The molecular formula is C62H42N2O2. The normalized spacial score (nSPS) is 11.7. The summed E-state index contributed by atoms with van der Waals surface area (Å²) in [5.41, 5.74) is 15.7. The van der Waals surface area contributed by atoms with Crippen molar-refractivity contribution in [3.8, 4) is 44.5 Å². The van der Waals surface area contributed by atoms with Gasteiger partial charge in [0.05, 0.1) is 0 Å². The zero-order valence-corrected chi connectivity index (χ0v) is 36.0. The Hall–Kier alpha value is -8.86. The van der Waals surface area contributed by atoms with Crippen LogP contribution in [-0.2, 0) is 0 Å². The third-order valence-electron chi connectivity index (χ3n) is 12.4. The van der Waals surface area contributed by atoms with E-state index in [1.807, 2.05) is 109 Å². The maximum atomic E-state index is 14.7. The molecule has 0 radical (unpaired) electrons. The van der Waals surface area contributed by atoms with Gasteiger partial charge in [-0.2, -0.15) is 0 Å².